The van der Waals surface area contributed by atoms with Gasteiger partial charge < -0.3 is 20.7 Å². The Morgan fingerprint density at radius 2 is 2.06 bits per heavy atom. The van der Waals surface area contributed by atoms with Gasteiger partial charge in [-0.05, 0) is 24.6 Å². The van der Waals surface area contributed by atoms with Crippen LogP contribution in [0.2, 0.25) is 0 Å². The lowest BCUT2D eigenvalue weighted by Crippen LogP contribution is -2.47. The molecule has 0 radical (unpaired) electrons. The number of hydrogen-bond donors (Lipinski definition) is 3. The van der Waals surface area contributed by atoms with Crippen LogP contribution in [0.15, 0.2) is 18.2 Å². The van der Waals surface area contributed by atoms with E-state index in [4.69, 9.17) is 10.8 Å². The van der Waals surface area contributed by atoms with Gasteiger partial charge in [0.25, 0.3) is 0 Å². The number of carbonyl (C=O) groups excluding carboxylic acids is 1. The zero-order valence-electron chi connectivity index (χ0n) is 9.23. The van der Waals surface area contributed by atoms with Gasteiger partial charge in [0.05, 0.1) is 7.11 Å². The highest BCUT2D eigenvalue weighted by molar-refractivity contribution is 5.80. The molecule has 4 N–H and O–H groups in total. The molecule has 5 nitrogen and oxygen atoms in total. The third kappa shape index (κ3) is 2.64. The number of phenols is 2. The van der Waals surface area contributed by atoms with Gasteiger partial charge >= 0.3 is 5.97 Å². The molecule has 5 heteroatoms. The molecule has 0 amide bonds. The second kappa shape index (κ2) is 4.40. The maximum atomic E-state index is 11.3. The third-order valence-corrected chi connectivity index (χ3v) is 2.26. The van der Waals surface area contributed by atoms with E-state index in [-0.39, 0.29) is 17.9 Å². The summed E-state index contributed by atoms with van der Waals surface area (Å²) in [6.45, 7) is 1.54. The maximum Gasteiger partial charge on any atom is 0.325 e. The van der Waals surface area contributed by atoms with Crippen molar-refractivity contribution in [3.8, 4) is 11.5 Å². The number of nitrogens with two attached hydrogens (primary N) is 1. The number of phenolic OH excluding ortho intramolecular Hbond substituents is 2. The van der Waals surface area contributed by atoms with Crippen molar-refractivity contribution >= 4 is 5.97 Å². The van der Waals surface area contributed by atoms with Gasteiger partial charge in [-0.1, -0.05) is 6.07 Å². The fourth-order valence-corrected chi connectivity index (χ4v) is 1.41. The van der Waals surface area contributed by atoms with Crippen molar-refractivity contribution < 1.29 is 19.7 Å². The highest BCUT2D eigenvalue weighted by atomic mass is 16.5. The fourth-order valence-electron chi connectivity index (χ4n) is 1.41. The van der Waals surface area contributed by atoms with Gasteiger partial charge in [0.15, 0.2) is 11.5 Å². The number of methoxy groups -OCH3 is 1. The zero-order valence-corrected chi connectivity index (χ0v) is 9.23. The molecule has 0 bridgehead atoms. The average molecular weight is 225 g/mol. The Morgan fingerprint density at radius 1 is 1.44 bits per heavy atom. The lowest BCUT2D eigenvalue weighted by Gasteiger charge is -2.21. The van der Waals surface area contributed by atoms with Crippen LogP contribution in [0.3, 0.4) is 0 Å². The first-order valence-corrected chi connectivity index (χ1v) is 4.75. The third-order valence-electron chi connectivity index (χ3n) is 2.26. The van der Waals surface area contributed by atoms with E-state index >= 15 is 0 Å². The molecule has 0 aliphatic heterocycles. The van der Waals surface area contributed by atoms with Gasteiger partial charge in [-0.2, -0.15) is 0 Å². The van der Waals surface area contributed by atoms with Crippen LogP contribution < -0.4 is 5.73 Å². The van der Waals surface area contributed by atoms with E-state index in [1.165, 1.54) is 19.2 Å². The standard InChI is InChI=1S/C11H15NO4/c1-11(12,10(15)16-2)6-7-3-4-8(13)9(14)5-7/h3-5,13-14H,6,12H2,1-2H3. The lowest BCUT2D eigenvalue weighted by molar-refractivity contribution is -0.146. The summed E-state index contributed by atoms with van der Waals surface area (Å²) in [6, 6.07) is 4.30. The van der Waals surface area contributed by atoms with Crippen molar-refractivity contribution in [1.29, 1.82) is 0 Å². The predicted molar refractivity (Wildman–Crippen MR) is 58.1 cm³/mol. The summed E-state index contributed by atoms with van der Waals surface area (Å²) in [5, 5.41) is 18.4. The molecule has 0 aromatic heterocycles. The second-order valence-electron chi connectivity index (χ2n) is 3.91. The molecule has 0 spiro atoms. The van der Waals surface area contributed by atoms with E-state index in [0.29, 0.717) is 5.56 Å². The van der Waals surface area contributed by atoms with Crippen LogP contribution in [0.4, 0.5) is 0 Å². The monoisotopic (exact) mass is 225 g/mol. The van der Waals surface area contributed by atoms with Crippen LogP contribution in [-0.4, -0.2) is 28.8 Å². The first kappa shape index (κ1) is 12.3. The Hall–Kier alpha value is -1.75. The fraction of sp³-hybridized carbons (Fsp3) is 0.364. The molecule has 1 rings (SSSR count). The Balaban J connectivity index is 2.88. The summed E-state index contributed by atoms with van der Waals surface area (Å²) in [5.41, 5.74) is 5.26. The summed E-state index contributed by atoms with van der Waals surface area (Å²) in [7, 11) is 1.27. The smallest absolute Gasteiger partial charge is 0.325 e. The lowest BCUT2D eigenvalue weighted by atomic mass is 9.94. The first-order chi connectivity index (χ1) is 7.36. The number of carbonyl (C=O) groups is 1. The number of hydrogen-bond acceptors (Lipinski definition) is 5. The van der Waals surface area contributed by atoms with E-state index in [2.05, 4.69) is 4.74 Å². The van der Waals surface area contributed by atoms with Gasteiger partial charge in [0.2, 0.25) is 0 Å². The van der Waals surface area contributed by atoms with Crippen LogP contribution >= 0.6 is 0 Å². The summed E-state index contributed by atoms with van der Waals surface area (Å²) in [5.74, 6) is -0.973. The van der Waals surface area contributed by atoms with Crippen molar-refractivity contribution in [2.24, 2.45) is 5.73 Å². The van der Waals surface area contributed by atoms with Crippen molar-refractivity contribution in [3.05, 3.63) is 23.8 Å². The number of rotatable bonds is 3. The molecule has 0 aliphatic rings. The summed E-state index contributed by atoms with van der Waals surface area (Å²) in [6.07, 6.45) is 0.216. The van der Waals surface area contributed by atoms with Crippen molar-refractivity contribution in [1.82, 2.24) is 0 Å². The normalized spacial score (nSPS) is 14.2. The first-order valence-electron chi connectivity index (χ1n) is 4.75. The van der Waals surface area contributed by atoms with Crippen LogP contribution in [0.1, 0.15) is 12.5 Å². The largest absolute Gasteiger partial charge is 0.504 e. The Bertz CT molecular complexity index is 401. The molecule has 1 unspecified atom stereocenters. The molecule has 16 heavy (non-hydrogen) atoms. The SMILES string of the molecule is COC(=O)C(C)(N)Cc1ccc(O)c(O)c1. The topological polar surface area (TPSA) is 92.8 Å². The summed E-state index contributed by atoms with van der Waals surface area (Å²) >= 11 is 0. The molecule has 1 aromatic rings. The number of benzene rings is 1. The van der Waals surface area contributed by atoms with E-state index < -0.39 is 11.5 Å². The number of ether oxygens (including phenoxy) is 1. The zero-order chi connectivity index (χ0) is 12.3. The molecule has 0 heterocycles. The maximum absolute atomic E-state index is 11.3. The van der Waals surface area contributed by atoms with Crippen molar-refractivity contribution in [2.75, 3.05) is 7.11 Å². The molecule has 0 saturated heterocycles. The van der Waals surface area contributed by atoms with E-state index in [0.717, 1.165) is 0 Å². The summed E-state index contributed by atoms with van der Waals surface area (Å²) < 4.78 is 4.57. The number of aromatic hydroxyl groups is 2. The summed E-state index contributed by atoms with van der Waals surface area (Å²) in [4.78, 5) is 11.3. The molecular formula is C11H15NO4. The van der Waals surface area contributed by atoms with E-state index in [1.54, 1.807) is 13.0 Å². The molecule has 0 fully saturated rings. The minimum Gasteiger partial charge on any atom is -0.504 e. The Labute approximate surface area is 93.5 Å². The van der Waals surface area contributed by atoms with Crippen LogP contribution in [-0.2, 0) is 16.0 Å². The number of esters is 1. The Kier molecular flexibility index (Phi) is 3.39. The highest BCUT2D eigenvalue weighted by Gasteiger charge is 2.29. The van der Waals surface area contributed by atoms with Gasteiger partial charge in [-0.3, -0.25) is 4.79 Å². The molecule has 1 aromatic carbocycles. The van der Waals surface area contributed by atoms with Crippen LogP contribution in [0.25, 0.3) is 0 Å². The molecule has 0 saturated carbocycles. The highest BCUT2D eigenvalue weighted by Crippen LogP contribution is 2.26. The molecule has 0 aliphatic carbocycles. The van der Waals surface area contributed by atoms with Crippen LogP contribution in [0.5, 0.6) is 11.5 Å². The molecular weight excluding hydrogens is 210 g/mol. The van der Waals surface area contributed by atoms with Gasteiger partial charge in [0, 0.05) is 6.42 Å². The average Bonchev–Trinajstić information content (AvgIpc) is 2.22. The van der Waals surface area contributed by atoms with E-state index in [1.807, 2.05) is 0 Å². The predicted octanol–water partition coefficient (Wildman–Crippen LogP) is 0.531. The van der Waals surface area contributed by atoms with Gasteiger partial charge in [-0.25, -0.2) is 0 Å². The molecule has 88 valence electrons. The minimum absolute atomic E-state index is 0.208. The van der Waals surface area contributed by atoms with Gasteiger partial charge in [-0.15, -0.1) is 0 Å². The second-order valence-corrected chi connectivity index (χ2v) is 3.91. The molecule has 1 atom stereocenters. The van der Waals surface area contributed by atoms with Gasteiger partial charge in [0.1, 0.15) is 5.54 Å². The van der Waals surface area contributed by atoms with Crippen molar-refractivity contribution in [2.45, 2.75) is 18.9 Å². The van der Waals surface area contributed by atoms with Crippen molar-refractivity contribution in [3.63, 3.8) is 0 Å². The van der Waals surface area contributed by atoms with Crippen LogP contribution in [0, 0.1) is 0 Å². The minimum atomic E-state index is -1.15. The quantitative estimate of drug-likeness (QED) is 0.515. The Morgan fingerprint density at radius 3 is 2.56 bits per heavy atom. The van der Waals surface area contributed by atoms with E-state index in [9.17, 15) is 9.90 Å².